The molecule has 64 valence electrons. The summed E-state index contributed by atoms with van der Waals surface area (Å²) in [6, 6.07) is 1.78. The third-order valence-corrected chi connectivity index (χ3v) is 3.00. The predicted octanol–water partition coefficient (Wildman–Crippen LogP) is 2.19. The van der Waals surface area contributed by atoms with Crippen molar-refractivity contribution in [3.05, 3.63) is 18.6 Å². The third kappa shape index (κ3) is 2.83. The van der Waals surface area contributed by atoms with Crippen LogP contribution in [0, 0.1) is 0 Å². The molecule has 0 amide bonds. The topological polar surface area (TPSA) is 38.1 Å². The van der Waals surface area contributed by atoms with Gasteiger partial charge in [0.05, 0.1) is 0 Å². The maximum Gasteiger partial charge on any atom is 0.157 e. The van der Waals surface area contributed by atoms with Gasteiger partial charge in [-0.3, -0.25) is 0 Å². The molecule has 0 radical (unpaired) electrons. The highest BCUT2D eigenvalue weighted by Crippen LogP contribution is 2.16. The Hall–Kier alpha value is -0.550. The molecule has 0 aliphatic heterocycles. The summed E-state index contributed by atoms with van der Waals surface area (Å²) in [6.07, 6.45) is 7.17. The lowest BCUT2D eigenvalue weighted by Crippen LogP contribution is -1.82. The lowest BCUT2D eigenvalue weighted by molar-refractivity contribution is 1.15. The highest BCUT2D eigenvalue weighted by Gasteiger charge is 1.94. The summed E-state index contributed by atoms with van der Waals surface area (Å²) in [5.74, 6) is 0.712. The van der Waals surface area contributed by atoms with Gasteiger partial charge in [-0.2, -0.15) is 0 Å². The van der Waals surface area contributed by atoms with Crippen LogP contribution < -0.4 is 0 Å². The zero-order valence-electron chi connectivity index (χ0n) is 6.89. The molecule has 1 aromatic heterocycles. The molecule has 1 aromatic rings. The van der Waals surface area contributed by atoms with E-state index >= 15 is 0 Å². The first-order chi connectivity index (χ1) is 5.86. The zero-order chi connectivity index (χ0) is 8.81. The average molecular weight is 199 g/mol. The summed E-state index contributed by atoms with van der Waals surface area (Å²) in [4.78, 5) is 12.1. The van der Waals surface area contributed by atoms with Crippen molar-refractivity contribution in [3.8, 4) is 0 Å². The Morgan fingerprint density at radius 3 is 2.67 bits per heavy atom. The maximum atomic E-state index is 4.29. The first kappa shape index (κ1) is 9.54. The molecule has 1 heterocycles. The number of rotatable bonds is 1. The Balaban J connectivity index is 2.79. The Morgan fingerprint density at radius 2 is 2.17 bits per heavy atom. The number of nitrogens with zero attached hydrogens (tertiary/aromatic N) is 3. The van der Waals surface area contributed by atoms with E-state index in [0.29, 0.717) is 5.82 Å². The van der Waals surface area contributed by atoms with E-state index in [1.165, 1.54) is 6.33 Å². The van der Waals surface area contributed by atoms with E-state index in [1.807, 2.05) is 12.5 Å². The Morgan fingerprint density at radius 1 is 1.42 bits per heavy atom. The van der Waals surface area contributed by atoms with Crippen LogP contribution in [0.1, 0.15) is 0 Å². The Bertz CT molecular complexity index is 255. The van der Waals surface area contributed by atoms with E-state index in [9.17, 15) is 0 Å². The van der Waals surface area contributed by atoms with Crippen molar-refractivity contribution in [1.29, 1.82) is 0 Å². The monoisotopic (exact) mass is 199 g/mol. The lowest BCUT2D eigenvalue weighted by Gasteiger charge is -1.96. The van der Waals surface area contributed by atoms with E-state index in [1.54, 1.807) is 35.8 Å². The van der Waals surface area contributed by atoms with Crippen LogP contribution in [0.4, 0.5) is 5.82 Å². The largest absolute Gasteiger partial charge is 0.245 e. The third-order valence-electron chi connectivity index (χ3n) is 1.12. The second-order valence-electron chi connectivity index (χ2n) is 1.85. The summed E-state index contributed by atoms with van der Waals surface area (Å²) in [5.41, 5.74) is 0. The molecule has 12 heavy (non-hydrogen) atoms. The lowest BCUT2D eigenvalue weighted by atomic mass is 10.6. The highest BCUT2D eigenvalue weighted by atomic mass is 32.2. The van der Waals surface area contributed by atoms with Crippen LogP contribution in [-0.2, 0) is 0 Å². The van der Waals surface area contributed by atoms with E-state index < -0.39 is 0 Å². The smallest absolute Gasteiger partial charge is 0.157 e. The normalized spacial score (nSPS) is 9.50. The van der Waals surface area contributed by atoms with Crippen molar-refractivity contribution in [3.63, 3.8) is 0 Å². The van der Waals surface area contributed by atoms with Crippen LogP contribution in [0.2, 0.25) is 0 Å². The molecule has 0 aromatic carbocycles. The molecule has 0 saturated heterocycles. The molecule has 0 spiro atoms. The van der Waals surface area contributed by atoms with Gasteiger partial charge < -0.3 is 0 Å². The molecule has 3 nitrogen and oxygen atoms in total. The minimum atomic E-state index is 0.712. The number of hydrogen-bond donors (Lipinski definition) is 0. The quantitative estimate of drug-likeness (QED) is 0.513. The molecule has 0 saturated carbocycles. The maximum absolute atomic E-state index is 4.29. The zero-order valence-corrected chi connectivity index (χ0v) is 8.52. The molecule has 0 N–H and O–H groups in total. The van der Waals surface area contributed by atoms with Crippen LogP contribution >= 0.6 is 23.5 Å². The van der Waals surface area contributed by atoms with E-state index in [2.05, 4.69) is 15.0 Å². The van der Waals surface area contributed by atoms with Gasteiger partial charge in [-0.1, -0.05) is 0 Å². The number of hydrogen-bond acceptors (Lipinski definition) is 5. The van der Waals surface area contributed by atoms with Crippen molar-refractivity contribution in [2.75, 3.05) is 12.5 Å². The summed E-state index contributed by atoms with van der Waals surface area (Å²) in [6.45, 7) is 0. The molecular weight excluding hydrogens is 190 g/mol. The predicted molar refractivity (Wildman–Crippen MR) is 56.2 cm³/mol. The Labute approximate surface area is 80.1 Å². The molecule has 0 aliphatic carbocycles. The summed E-state index contributed by atoms with van der Waals surface area (Å²) in [5, 5.41) is 0. The second-order valence-corrected chi connectivity index (χ2v) is 3.70. The highest BCUT2D eigenvalue weighted by molar-refractivity contribution is 8.38. The molecule has 1 rings (SSSR count). The molecule has 0 aliphatic rings. The van der Waals surface area contributed by atoms with E-state index in [-0.39, 0.29) is 0 Å². The van der Waals surface area contributed by atoms with Crippen LogP contribution in [0.25, 0.3) is 0 Å². The summed E-state index contributed by atoms with van der Waals surface area (Å²) < 4.78 is 1.01. The Kier molecular flexibility index (Phi) is 4.10. The van der Waals surface area contributed by atoms with E-state index in [4.69, 9.17) is 0 Å². The number of aliphatic imine (C=N–C) groups is 1. The van der Waals surface area contributed by atoms with Crippen molar-refractivity contribution < 1.29 is 0 Å². The van der Waals surface area contributed by atoms with Gasteiger partial charge in [0.2, 0.25) is 0 Å². The molecule has 0 bridgehead atoms. The molecule has 0 atom stereocenters. The van der Waals surface area contributed by atoms with Crippen molar-refractivity contribution in [2.45, 2.75) is 0 Å². The minimum Gasteiger partial charge on any atom is -0.245 e. The van der Waals surface area contributed by atoms with E-state index in [0.717, 1.165) is 4.38 Å². The average Bonchev–Trinajstić information content (AvgIpc) is 2.16. The first-order valence-electron chi connectivity index (χ1n) is 3.29. The number of aromatic nitrogens is 2. The van der Waals surface area contributed by atoms with Gasteiger partial charge in [-0.05, 0) is 12.5 Å². The molecule has 0 unspecified atom stereocenters. The van der Waals surface area contributed by atoms with Crippen LogP contribution in [-0.4, -0.2) is 26.9 Å². The molecule has 5 heteroatoms. The van der Waals surface area contributed by atoms with Crippen LogP contribution in [0.15, 0.2) is 23.6 Å². The number of thioether (sulfide) groups is 2. The second kappa shape index (κ2) is 5.16. The summed E-state index contributed by atoms with van der Waals surface area (Å²) >= 11 is 3.23. The fourth-order valence-electron chi connectivity index (χ4n) is 0.618. The van der Waals surface area contributed by atoms with Gasteiger partial charge in [-0.25, -0.2) is 15.0 Å². The fourth-order valence-corrected chi connectivity index (χ4v) is 1.65. The van der Waals surface area contributed by atoms with Crippen LogP contribution in [0.5, 0.6) is 0 Å². The molecular formula is C7H9N3S2. The fraction of sp³-hybridized carbons (Fsp3) is 0.286. The van der Waals surface area contributed by atoms with Crippen molar-refractivity contribution >= 4 is 33.7 Å². The van der Waals surface area contributed by atoms with Gasteiger partial charge in [0.25, 0.3) is 0 Å². The molecule has 0 fully saturated rings. The first-order valence-corrected chi connectivity index (χ1v) is 5.74. The van der Waals surface area contributed by atoms with Gasteiger partial charge in [-0.15, -0.1) is 23.5 Å². The van der Waals surface area contributed by atoms with Crippen molar-refractivity contribution in [1.82, 2.24) is 9.97 Å². The summed E-state index contributed by atoms with van der Waals surface area (Å²) in [7, 11) is 0. The van der Waals surface area contributed by atoms with Gasteiger partial charge >= 0.3 is 0 Å². The van der Waals surface area contributed by atoms with Gasteiger partial charge in [0.15, 0.2) is 5.82 Å². The van der Waals surface area contributed by atoms with Gasteiger partial charge in [0.1, 0.15) is 10.7 Å². The SMILES string of the molecule is CSC(=Nc1ccncn1)SC. The minimum absolute atomic E-state index is 0.712. The standard InChI is InChI=1S/C7H9N3S2/c1-11-7(12-2)10-6-3-4-8-5-9-6/h3-5H,1-2H3. The van der Waals surface area contributed by atoms with Crippen molar-refractivity contribution in [2.24, 2.45) is 4.99 Å². The van der Waals surface area contributed by atoms with Gasteiger partial charge in [0, 0.05) is 12.3 Å². The van der Waals surface area contributed by atoms with Crippen LogP contribution in [0.3, 0.4) is 0 Å².